The average Bonchev–Trinajstić information content (AvgIpc) is 2.26. The molecule has 1 aliphatic rings. The highest BCUT2D eigenvalue weighted by Gasteiger charge is 2.18. The molecule has 6 heteroatoms. The van der Waals surface area contributed by atoms with E-state index in [4.69, 9.17) is 15.6 Å². The Morgan fingerprint density at radius 2 is 2.33 bits per heavy atom. The molecule has 0 saturated carbocycles. The second kappa shape index (κ2) is 5.22. The van der Waals surface area contributed by atoms with E-state index in [0.29, 0.717) is 12.2 Å². The summed E-state index contributed by atoms with van der Waals surface area (Å²) in [5.41, 5.74) is 5.68. The Balaban J connectivity index is 2.03. The number of carboxylic acid groups (broad SMARTS) is 1. The number of nitrogens with one attached hydrogen (secondary N) is 1. The molecule has 0 aromatic heterocycles. The number of ether oxygens (including phenoxy) is 1. The van der Waals surface area contributed by atoms with Gasteiger partial charge in [-0.05, 0) is 25.0 Å². The summed E-state index contributed by atoms with van der Waals surface area (Å²) in [6.07, 6.45) is 2.06. The summed E-state index contributed by atoms with van der Waals surface area (Å²) in [5, 5.41) is 11.8. The van der Waals surface area contributed by atoms with E-state index in [9.17, 15) is 9.18 Å². The molecular formula is C12H15FN2O3. The molecule has 1 atom stereocenters. The van der Waals surface area contributed by atoms with Crippen LogP contribution >= 0.6 is 0 Å². The molecule has 1 aromatic rings. The molecule has 1 aromatic carbocycles. The lowest BCUT2D eigenvalue weighted by Crippen LogP contribution is -2.28. The van der Waals surface area contributed by atoms with Gasteiger partial charge in [-0.15, -0.1) is 0 Å². The second-order valence-electron chi connectivity index (χ2n) is 4.22. The summed E-state index contributed by atoms with van der Waals surface area (Å²) in [5.74, 6) is -1.91. The first kappa shape index (κ1) is 12.6. The molecule has 0 unspecified atom stereocenters. The fourth-order valence-corrected chi connectivity index (χ4v) is 1.77. The van der Waals surface area contributed by atoms with Gasteiger partial charge in [0.2, 0.25) is 0 Å². The molecule has 18 heavy (non-hydrogen) atoms. The Morgan fingerprint density at radius 3 is 2.89 bits per heavy atom. The van der Waals surface area contributed by atoms with Gasteiger partial charge in [-0.3, -0.25) is 0 Å². The molecular weight excluding hydrogens is 239 g/mol. The summed E-state index contributed by atoms with van der Waals surface area (Å²) < 4.78 is 18.7. The van der Waals surface area contributed by atoms with Crippen LogP contribution in [-0.2, 0) is 4.74 Å². The predicted octanol–water partition coefficient (Wildman–Crippen LogP) is 1.70. The van der Waals surface area contributed by atoms with Crippen molar-refractivity contribution in [1.29, 1.82) is 0 Å². The number of halogens is 1. The zero-order valence-electron chi connectivity index (χ0n) is 9.78. The van der Waals surface area contributed by atoms with Crippen molar-refractivity contribution >= 4 is 17.3 Å². The van der Waals surface area contributed by atoms with Gasteiger partial charge in [-0.1, -0.05) is 0 Å². The topological polar surface area (TPSA) is 84.6 Å². The molecule has 1 fully saturated rings. The molecule has 0 radical (unpaired) electrons. The summed E-state index contributed by atoms with van der Waals surface area (Å²) >= 11 is 0. The first-order valence-electron chi connectivity index (χ1n) is 5.75. The Bertz CT molecular complexity index is 461. The number of nitrogens with two attached hydrogens (primary N) is 1. The first-order chi connectivity index (χ1) is 8.58. The van der Waals surface area contributed by atoms with Crippen LogP contribution in [0.5, 0.6) is 0 Å². The van der Waals surface area contributed by atoms with Crippen LogP contribution in [0.25, 0.3) is 0 Å². The minimum atomic E-state index is -1.18. The van der Waals surface area contributed by atoms with Crippen molar-refractivity contribution in [2.24, 2.45) is 0 Å². The Kier molecular flexibility index (Phi) is 3.66. The lowest BCUT2D eigenvalue weighted by molar-refractivity contribution is -0.0523. The lowest BCUT2D eigenvalue weighted by atomic mass is 10.1. The number of hydrogen-bond donors (Lipinski definition) is 3. The lowest BCUT2D eigenvalue weighted by Gasteiger charge is -2.26. The number of carbonyl (C=O) groups is 1. The van der Waals surface area contributed by atoms with Gasteiger partial charge in [0.05, 0.1) is 23.0 Å². The van der Waals surface area contributed by atoms with Gasteiger partial charge in [0.1, 0.15) is 5.82 Å². The van der Waals surface area contributed by atoms with Gasteiger partial charge in [-0.25, -0.2) is 9.18 Å². The number of anilines is 2. The molecule has 5 nitrogen and oxygen atoms in total. The molecule has 1 saturated heterocycles. The smallest absolute Gasteiger partial charge is 0.335 e. The van der Waals surface area contributed by atoms with Crippen LogP contribution in [0.2, 0.25) is 0 Å². The van der Waals surface area contributed by atoms with Gasteiger partial charge in [-0.2, -0.15) is 0 Å². The Hall–Kier alpha value is -1.82. The van der Waals surface area contributed by atoms with E-state index in [0.717, 1.165) is 25.5 Å². The molecule has 0 amide bonds. The van der Waals surface area contributed by atoms with E-state index in [-0.39, 0.29) is 17.4 Å². The summed E-state index contributed by atoms with van der Waals surface area (Å²) in [6.45, 7) is 1.35. The van der Waals surface area contributed by atoms with Gasteiger partial charge in [0.25, 0.3) is 0 Å². The highest BCUT2D eigenvalue weighted by Crippen LogP contribution is 2.24. The average molecular weight is 254 g/mol. The fraction of sp³-hybridized carbons (Fsp3) is 0.417. The number of hydrogen-bond acceptors (Lipinski definition) is 4. The van der Waals surface area contributed by atoms with Crippen LogP contribution in [0.1, 0.15) is 23.2 Å². The van der Waals surface area contributed by atoms with Gasteiger partial charge in [0.15, 0.2) is 0 Å². The number of nitrogen functional groups attached to an aromatic ring is 1. The van der Waals surface area contributed by atoms with Gasteiger partial charge >= 0.3 is 5.97 Å². The normalized spacial score (nSPS) is 18.2. The summed E-state index contributed by atoms with van der Waals surface area (Å²) in [7, 11) is 0. The third-order valence-corrected chi connectivity index (χ3v) is 2.95. The Morgan fingerprint density at radius 1 is 1.61 bits per heavy atom. The number of carboxylic acids is 1. The van der Waals surface area contributed by atoms with Crippen LogP contribution in [-0.4, -0.2) is 30.3 Å². The molecule has 2 rings (SSSR count). The van der Waals surface area contributed by atoms with Crippen molar-refractivity contribution in [2.75, 3.05) is 24.2 Å². The molecule has 1 heterocycles. The molecule has 1 aliphatic heterocycles. The molecule has 4 N–H and O–H groups in total. The van der Waals surface area contributed by atoms with E-state index in [1.54, 1.807) is 0 Å². The van der Waals surface area contributed by atoms with Gasteiger partial charge in [0, 0.05) is 13.2 Å². The van der Waals surface area contributed by atoms with E-state index in [1.807, 2.05) is 0 Å². The first-order valence-corrected chi connectivity index (χ1v) is 5.75. The Labute approximate surface area is 104 Å². The van der Waals surface area contributed by atoms with Crippen molar-refractivity contribution in [1.82, 2.24) is 0 Å². The predicted molar refractivity (Wildman–Crippen MR) is 65.2 cm³/mol. The van der Waals surface area contributed by atoms with Crippen molar-refractivity contribution < 1.29 is 19.0 Å². The van der Waals surface area contributed by atoms with E-state index >= 15 is 0 Å². The number of benzene rings is 1. The maximum atomic E-state index is 13.4. The second-order valence-corrected chi connectivity index (χ2v) is 4.22. The molecule has 98 valence electrons. The van der Waals surface area contributed by atoms with Crippen molar-refractivity contribution in [3.8, 4) is 0 Å². The number of rotatable bonds is 5. The van der Waals surface area contributed by atoms with E-state index in [2.05, 4.69) is 5.32 Å². The maximum Gasteiger partial charge on any atom is 0.335 e. The quantitative estimate of drug-likeness (QED) is 0.696. The van der Waals surface area contributed by atoms with Gasteiger partial charge < -0.3 is 20.9 Å². The van der Waals surface area contributed by atoms with Crippen LogP contribution in [0.3, 0.4) is 0 Å². The van der Waals surface area contributed by atoms with E-state index < -0.39 is 11.8 Å². The molecule has 0 aliphatic carbocycles. The fourth-order valence-electron chi connectivity index (χ4n) is 1.77. The minimum absolute atomic E-state index is 0.0606. The largest absolute Gasteiger partial charge is 0.478 e. The zero-order chi connectivity index (χ0) is 13.1. The monoisotopic (exact) mass is 254 g/mol. The third kappa shape index (κ3) is 2.70. The highest BCUT2D eigenvalue weighted by atomic mass is 19.1. The zero-order valence-corrected chi connectivity index (χ0v) is 9.78. The van der Waals surface area contributed by atoms with Crippen molar-refractivity contribution in [3.05, 3.63) is 23.5 Å². The minimum Gasteiger partial charge on any atom is -0.478 e. The van der Waals surface area contributed by atoms with Crippen LogP contribution in [0, 0.1) is 5.82 Å². The van der Waals surface area contributed by atoms with E-state index in [1.165, 1.54) is 6.07 Å². The highest BCUT2D eigenvalue weighted by molar-refractivity contribution is 5.90. The summed E-state index contributed by atoms with van der Waals surface area (Å²) in [4.78, 5) is 10.8. The van der Waals surface area contributed by atoms with Crippen LogP contribution in [0.15, 0.2) is 12.1 Å². The summed E-state index contributed by atoms with van der Waals surface area (Å²) in [6, 6.07) is 2.25. The van der Waals surface area contributed by atoms with Crippen LogP contribution < -0.4 is 11.1 Å². The molecule has 0 spiro atoms. The standard InChI is InChI=1S/C12H15FN2O3/c13-9-5-7(12(16)17)6-10(11(9)14)15-3-1-8-2-4-18-8/h5-6,8,15H,1-4,14H2,(H,16,17)/t8-/m0/s1. The van der Waals surface area contributed by atoms with Crippen molar-refractivity contribution in [3.63, 3.8) is 0 Å². The van der Waals surface area contributed by atoms with Crippen LogP contribution in [0.4, 0.5) is 15.8 Å². The number of aromatic carboxylic acids is 1. The van der Waals surface area contributed by atoms with Crippen molar-refractivity contribution in [2.45, 2.75) is 18.9 Å². The molecule has 0 bridgehead atoms. The third-order valence-electron chi connectivity index (χ3n) is 2.95. The maximum absolute atomic E-state index is 13.4. The SMILES string of the molecule is Nc1c(F)cc(C(=O)O)cc1NCC[C@H]1CCO1.